The van der Waals surface area contributed by atoms with E-state index in [4.69, 9.17) is 4.74 Å². The molecule has 1 atom stereocenters. The maximum absolute atomic E-state index is 12.1. The molecule has 2 N–H and O–H groups in total. The van der Waals surface area contributed by atoms with E-state index in [0.29, 0.717) is 0 Å². The highest BCUT2D eigenvalue weighted by atomic mass is 16.5. The first-order valence-corrected chi connectivity index (χ1v) is 7.57. The van der Waals surface area contributed by atoms with Crippen LogP contribution in [0.5, 0.6) is 0 Å². The summed E-state index contributed by atoms with van der Waals surface area (Å²) < 4.78 is 5.34. The molecule has 0 aromatic heterocycles. The van der Waals surface area contributed by atoms with Crippen molar-refractivity contribution in [1.82, 2.24) is 15.5 Å². The Labute approximate surface area is 116 Å². The molecule has 2 heterocycles. The minimum Gasteiger partial charge on any atom is -0.381 e. The second kappa shape index (κ2) is 7.82. The van der Waals surface area contributed by atoms with Gasteiger partial charge >= 0.3 is 0 Å². The molecule has 0 aromatic carbocycles. The third kappa shape index (κ3) is 4.75. The number of carbonyl (C=O) groups is 1. The Morgan fingerprint density at radius 2 is 2.05 bits per heavy atom. The largest absolute Gasteiger partial charge is 0.381 e. The van der Waals surface area contributed by atoms with Crippen molar-refractivity contribution >= 4 is 5.91 Å². The maximum atomic E-state index is 12.1. The normalized spacial score (nSPS) is 24.1. The Balaban J connectivity index is 1.62. The van der Waals surface area contributed by atoms with Gasteiger partial charge in [-0.25, -0.2) is 0 Å². The zero-order valence-electron chi connectivity index (χ0n) is 12.0. The Kier molecular flexibility index (Phi) is 6.07. The first-order chi connectivity index (χ1) is 9.27. The SMILES string of the molecule is CC(C(=O)NCCC1CCOCC1)N1CCNCC1. The van der Waals surface area contributed by atoms with Crippen LogP contribution in [0.3, 0.4) is 0 Å². The fraction of sp³-hybridized carbons (Fsp3) is 0.929. The predicted octanol–water partition coefficient (Wildman–Crippen LogP) is 0.213. The highest BCUT2D eigenvalue weighted by Crippen LogP contribution is 2.17. The van der Waals surface area contributed by atoms with E-state index >= 15 is 0 Å². The predicted molar refractivity (Wildman–Crippen MR) is 75.1 cm³/mol. The van der Waals surface area contributed by atoms with Gasteiger partial charge in [-0.15, -0.1) is 0 Å². The third-order valence-electron chi connectivity index (χ3n) is 4.27. The van der Waals surface area contributed by atoms with Crippen LogP contribution in [0.1, 0.15) is 26.2 Å². The van der Waals surface area contributed by atoms with Gasteiger partial charge in [-0.1, -0.05) is 0 Å². The number of rotatable bonds is 5. The first kappa shape index (κ1) is 14.8. The third-order valence-corrected chi connectivity index (χ3v) is 4.27. The lowest BCUT2D eigenvalue weighted by Crippen LogP contribution is -2.52. The molecule has 1 unspecified atom stereocenters. The van der Waals surface area contributed by atoms with Gasteiger partial charge in [0.15, 0.2) is 0 Å². The van der Waals surface area contributed by atoms with Crippen LogP contribution >= 0.6 is 0 Å². The Morgan fingerprint density at radius 3 is 2.74 bits per heavy atom. The second-order valence-corrected chi connectivity index (χ2v) is 5.60. The zero-order chi connectivity index (χ0) is 13.5. The number of nitrogens with zero attached hydrogens (tertiary/aromatic N) is 1. The minimum atomic E-state index is -0.00297. The fourth-order valence-corrected chi connectivity index (χ4v) is 2.82. The van der Waals surface area contributed by atoms with E-state index in [1.807, 2.05) is 6.92 Å². The van der Waals surface area contributed by atoms with E-state index in [1.54, 1.807) is 0 Å². The quantitative estimate of drug-likeness (QED) is 0.749. The molecule has 0 bridgehead atoms. The molecule has 5 heteroatoms. The molecule has 2 saturated heterocycles. The molecule has 0 aromatic rings. The maximum Gasteiger partial charge on any atom is 0.237 e. The zero-order valence-corrected chi connectivity index (χ0v) is 12.0. The number of ether oxygens (including phenoxy) is 1. The molecule has 0 aliphatic carbocycles. The summed E-state index contributed by atoms with van der Waals surface area (Å²) in [6.07, 6.45) is 3.37. The van der Waals surface area contributed by atoms with E-state index in [-0.39, 0.29) is 11.9 Å². The van der Waals surface area contributed by atoms with Crippen LogP contribution in [0.4, 0.5) is 0 Å². The lowest BCUT2D eigenvalue weighted by Gasteiger charge is -2.32. The summed E-state index contributed by atoms with van der Waals surface area (Å²) in [4.78, 5) is 14.3. The van der Waals surface area contributed by atoms with E-state index in [9.17, 15) is 4.79 Å². The highest BCUT2D eigenvalue weighted by Gasteiger charge is 2.22. The standard InChI is InChI=1S/C14H27N3O2/c1-12(17-8-6-15-7-9-17)14(18)16-5-2-13-3-10-19-11-4-13/h12-13,15H,2-11H2,1H3,(H,16,18). The summed E-state index contributed by atoms with van der Waals surface area (Å²) in [6.45, 7) is 8.49. The van der Waals surface area contributed by atoms with Crippen LogP contribution in [-0.4, -0.2) is 62.8 Å². The summed E-state index contributed by atoms with van der Waals surface area (Å²) in [6, 6.07) is -0.00297. The summed E-state index contributed by atoms with van der Waals surface area (Å²) >= 11 is 0. The van der Waals surface area contributed by atoms with Crippen LogP contribution in [0.2, 0.25) is 0 Å². The van der Waals surface area contributed by atoms with Crippen LogP contribution in [-0.2, 0) is 9.53 Å². The number of piperazine rings is 1. The van der Waals surface area contributed by atoms with Gasteiger partial charge in [0.1, 0.15) is 0 Å². The molecule has 1 amide bonds. The van der Waals surface area contributed by atoms with Gasteiger partial charge in [0.05, 0.1) is 6.04 Å². The molecule has 19 heavy (non-hydrogen) atoms. The number of nitrogens with one attached hydrogen (secondary N) is 2. The van der Waals surface area contributed by atoms with Gasteiger partial charge in [-0.05, 0) is 32.1 Å². The van der Waals surface area contributed by atoms with Crippen LogP contribution in [0, 0.1) is 5.92 Å². The van der Waals surface area contributed by atoms with Crippen molar-refractivity contribution in [3.8, 4) is 0 Å². The molecular formula is C14H27N3O2. The van der Waals surface area contributed by atoms with Crippen molar-refractivity contribution in [2.75, 3.05) is 45.9 Å². The molecule has 2 aliphatic rings. The van der Waals surface area contributed by atoms with Gasteiger partial charge in [0.2, 0.25) is 5.91 Å². The van der Waals surface area contributed by atoms with Crippen molar-refractivity contribution in [2.24, 2.45) is 5.92 Å². The molecule has 5 nitrogen and oxygen atoms in total. The minimum absolute atomic E-state index is 0.00297. The van der Waals surface area contributed by atoms with Gasteiger partial charge in [-0.2, -0.15) is 0 Å². The lowest BCUT2D eigenvalue weighted by atomic mass is 9.97. The van der Waals surface area contributed by atoms with Crippen molar-refractivity contribution in [3.63, 3.8) is 0 Å². The molecule has 0 spiro atoms. The number of carbonyl (C=O) groups excluding carboxylic acids is 1. The van der Waals surface area contributed by atoms with E-state index in [2.05, 4.69) is 15.5 Å². The number of amides is 1. The van der Waals surface area contributed by atoms with Gasteiger partial charge < -0.3 is 15.4 Å². The monoisotopic (exact) mass is 269 g/mol. The Morgan fingerprint density at radius 1 is 1.37 bits per heavy atom. The average Bonchev–Trinajstić information content (AvgIpc) is 2.48. The summed E-state index contributed by atoms with van der Waals surface area (Å²) in [7, 11) is 0. The van der Waals surface area contributed by atoms with Crippen LogP contribution < -0.4 is 10.6 Å². The molecule has 0 radical (unpaired) electrons. The number of hydrogen-bond donors (Lipinski definition) is 2. The van der Waals surface area contributed by atoms with Crippen molar-refractivity contribution in [1.29, 1.82) is 0 Å². The van der Waals surface area contributed by atoms with Gasteiger partial charge in [0.25, 0.3) is 0 Å². The van der Waals surface area contributed by atoms with Crippen LogP contribution in [0.15, 0.2) is 0 Å². The molecule has 2 fully saturated rings. The molecule has 110 valence electrons. The van der Waals surface area contributed by atoms with Crippen molar-refractivity contribution in [3.05, 3.63) is 0 Å². The first-order valence-electron chi connectivity index (χ1n) is 7.57. The van der Waals surface area contributed by atoms with Crippen LogP contribution in [0.25, 0.3) is 0 Å². The molecule has 0 saturated carbocycles. The smallest absolute Gasteiger partial charge is 0.237 e. The summed E-state index contributed by atoms with van der Waals surface area (Å²) in [5.74, 6) is 0.900. The highest BCUT2D eigenvalue weighted by molar-refractivity contribution is 5.81. The van der Waals surface area contributed by atoms with Gasteiger partial charge in [-0.3, -0.25) is 9.69 Å². The molecular weight excluding hydrogens is 242 g/mol. The van der Waals surface area contributed by atoms with Gasteiger partial charge in [0, 0.05) is 45.9 Å². The Bertz CT molecular complexity index is 274. The second-order valence-electron chi connectivity index (χ2n) is 5.60. The average molecular weight is 269 g/mol. The Hall–Kier alpha value is -0.650. The molecule has 2 rings (SSSR count). The van der Waals surface area contributed by atoms with Crippen molar-refractivity contribution < 1.29 is 9.53 Å². The number of hydrogen-bond acceptors (Lipinski definition) is 4. The summed E-state index contributed by atoms with van der Waals surface area (Å²) in [5.41, 5.74) is 0. The molecule has 2 aliphatic heterocycles. The van der Waals surface area contributed by atoms with E-state index in [0.717, 1.165) is 71.1 Å². The van der Waals surface area contributed by atoms with E-state index < -0.39 is 0 Å². The summed E-state index contributed by atoms with van der Waals surface area (Å²) in [5, 5.41) is 6.39. The lowest BCUT2D eigenvalue weighted by molar-refractivity contribution is -0.126. The topological polar surface area (TPSA) is 53.6 Å². The van der Waals surface area contributed by atoms with Crippen molar-refractivity contribution in [2.45, 2.75) is 32.2 Å². The van der Waals surface area contributed by atoms with E-state index in [1.165, 1.54) is 0 Å². The fourth-order valence-electron chi connectivity index (χ4n) is 2.82.